The first-order chi connectivity index (χ1) is 21.0. The standard InChI is InChI=1S/C32H30N4O5S2/c37-30(24-12-14-27(15-13-24)40-25-8-3-1-4-9-25)31-33-32(42-34-31)35-20-7-21-36(23-22-35)43(38,39)29-18-16-28(17-19-29)41-26-10-5-2-6-11-26/h1-6,8-19,30,37H,7,20-23H2. The molecule has 0 radical (unpaired) electrons. The van der Waals surface area contributed by atoms with Crippen LogP contribution in [0.5, 0.6) is 23.0 Å². The van der Waals surface area contributed by atoms with Gasteiger partial charge in [0.1, 0.15) is 29.1 Å². The van der Waals surface area contributed by atoms with Gasteiger partial charge in [0.2, 0.25) is 15.2 Å². The van der Waals surface area contributed by atoms with E-state index < -0.39 is 16.1 Å². The Bertz CT molecular complexity index is 1730. The number of rotatable bonds is 9. The molecule has 220 valence electrons. The average Bonchev–Trinajstić information content (AvgIpc) is 3.39. The molecular formula is C32H30N4O5S2. The zero-order valence-corrected chi connectivity index (χ0v) is 24.8. The number of nitrogens with zero attached hydrogens (tertiary/aromatic N) is 4. The van der Waals surface area contributed by atoms with Gasteiger partial charge in [-0.3, -0.25) is 0 Å². The van der Waals surface area contributed by atoms with Gasteiger partial charge in [-0.2, -0.15) is 8.68 Å². The summed E-state index contributed by atoms with van der Waals surface area (Å²) in [6, 6.07) is 32.5. The highest BCUT2D eigenvalue weighted by Gasteiger charge is 2.28. The molecule has 1 fully saturated rings. The molecule has 5 aromatic rings. The van der Waals surface area contributed by atoms with Gasteiger partial charge in [-0.05, 0) is 72.6 Å². The summed E-state index contributed by atoms with van der Waals surface area (Å²) in [6.07, 6.45) is -0.358. The van der Waals surface area contributed by atoms with Crippen molar-refractivity contribution in [2.45, 2.75) is 17.4 Å². The van der Waals surface area contributed by atoms with Gasteiger partial charge in [0.15, 0.2) is 5.82 Å². The predicted molar refractivity (Wildman–Crippen MR) is 165 cm³/mol. The van der Waals surface area contributed by atoms with E-state index in [2.05, 4.69) is 9.36 Å². The van der Waals surface area contributed by atoms with Crippen molar-refractivity contribution in [3.05, 3.63) is 121 Å². The van der Waals surface area contributed by atoms with Crippen LogP contribution in [-0.2, 0) is 10.0 Å². The molecule has 0 amide bonds. The molecule has 1 atom stereocenters. The molecule has 4 aromatic carbocycles. The summed E-state index contributed by atoms with van der Waals surface area (Å²) in [5, 5.41) is 11.6. The van der Waals surface area contributed by atoms with Gasteiger partial charge >= 0.3 is 0 Å². The summed E-state index contributed by atoms with van der Waals surface area (Å²) in [6.45, 7) is 1.80. The first-order valence-electron chi connectivity index (χ1n) is 13.9. The van der Waals surface area contributed by atoms with E-state index in [1.54, 1.807) is 48.5 Å². The average molecular weight is 615 g/mol. The van der Waals surface area contributed by atoms with E-state index in [-0.39, 0.29) is 4.90 Å². The van der Waals surface area contributed by atoms with Crippen LogP contribution >= 0.6 is 11.5 Å². The third kappa shape index (κ3) is 6.86. The third-order valence-electron chi connectivity index (χ3n) is 7.02. The summed E-state index contributed by atoms with van der Waals surface area (Å²) < 4.78 is 44.4. The maximum atomic E-state index is 13.4. The maximum Gasteiger partial charge on any atom is 0.243 e. The van der Waals surface area contributed by atoms with Crippen molar-refractivity contribution < 1.29 is 23.0 Å². The molecule has 1 N–H and O–H groups in total. The molecular weight excluding hydrogens is 585 g/mol. The van der Waals surface area contributed by atoms with Crippen molar-refractivity contribution >= 4 is 26.7 Å². The van der Waals surface area contributed by atoms with Gasteiger partial charge in [-0.15, -0.1) is 0 Å². The fourth-order valence-electron chi connectivity index (χ4n) is 4.74. The summed E-state index contributed by atoms with van der Waals surface area (Å²) in [5.41, 5.74) is 0.651. The van der Waals surface area contributed by atoms with Gasteiger partial charge < -0.3 is 19.5 Å². The molecule has 1 aliphatic rings. The molecule has 43 heavy (non-hydrogen) atoms. The van der Waals surface area contributed by atoms with Crippen LogP contribution < -0.4 is 14.4 Å². The lowest BCUT2D eigenvalue weighted by Crippen LogP contribution is -2.35. The second-order valence-corrected chi connectivity index (χ2v) is 12.6. The van der Waals surface area contributed by atoms with Gasteiger partial charge in [0.25, 0.3) is 0 Å². The quantitative estimate of drug-likeness (QED) is 0.212. The number of para-hydroxylation sites is 2. The Morgan fingerprint density at radius 2 is 1.26 bits per heavy atom. The van der Waals surface area contributed by atoms with Gasteiger partial charge in [-0.25, -0.2) is 13.4 Å². The molecule has 1 unspecified atom stereocenters. The molecule has 11 heteroatoms. The number of sulfonamides is 1. The lowest BCUT2D eigenvalue weighted by Gasteiger charge is -2.21. The zero-order valence-electron chi connectivity index (χ0n) is 23.2. The third-order valence-corrected chi connectivity index (χ3v) is 9.72. The SMILES string of the molecule is O=S(=O)(c1ccc(Oc2ccccc2)cc1)N1CCCN(c2nc(C(O)c3ccc(Oc4ccccc4)cc3)ns2)CC1. The zero-order chi connectivity index (χ0) is 29.6. The molecule has 1 aromatic heterocycles. The smallest absolute Gasteiger partial charge is 0.243 e. The number of benzene rings is 4. The minimum atomic E-state index is -3.68. The van der Waals surface area contributed by atoms with Crippen LogP contribution in [0, 0.1) is 0 Å². The van der Waals surface area contributed by atoms with Crippen LogP contribution in [0.1, 0.15) is 23.9 Å². The van der Waals surface area contributed by atoms with E-state index in [4.69, 9.17) is 9.47 Å². The molecule has 1 aliphatic heterocycles. The number of anilines is 1. The van der Waals surface area contributed by atoms with Crippen LogP contribution in [0.3, 0.4) is 0 Å². The molecule has 6 rings (SSSR count). The Morgan fingerprint density at radius 3 is 1.86 bits per heavy atom. The first-order valence-corrected chi connectivity index (χ1v) is 16.1. The highest BCUT2D eigenvalue weighted by atomic mass is 32.2. The number of aliphatic hydroxyl groups excluding tert-OH is 1. The fraction of sp³-hybridized carbons (Fsp3) is 0.188. The number of hydrogen-bond acceptors (Lipinski definition) is 9. The fourth-order valence-corrected chi connectivity index (χ4v) is 6.95. The van der Waals surface area contributed by atoms with Crippen molar-refractivity contribution in [2.75, 3.05) is 31.1 Å². The Hall–Kier alpha value is -4.29. The van der Waals surface area contributed by atoms with E-state index in [1.807, 2.05) is 65.6 Å². The van der Waals surface area contributed by atoms with Crippen LogP contribution in [0.15, 0.2) is 114 Å². The number of aliphatic hydroxyl groups is 1. The lowest BCUT2D eigenvalue weighted by atomic mass is 10.1. The van der Waals surface area contributed by atoms with Crippen molar-refractivity contribution in [3.8, 4) is 23.0 Å². The topological polar surface area (TPSA) is 105 Å². The minimum absolute atomic E-state index is 0.225. The second-order valence-electron chi connectivity index (χ2n) is 9.95. The van der Waals surface area contributed by atoms with Crippen molar-refractivity contribution in [3.63, 3.8) is 0 Å². The normalized spacial score (nSPS) is 15.0. The monoisotopic (exact) mass is 614 g/mol. The Balaban J connectivity index is 1.07. The summed E-state index contributed by atoms with van der Waals surface area (Å²) >= 11 is 1.20. The molecule has 0 aliphatic carbocycles. The van der Waals surface area contributed by atoms with Crippen molar-refractivity contribution in [1.82, 2.24) is 13.7 Å². The van der Waals surface area contributed by atoms with Crippen molar-refractivity contribution in [1.29, 1.82) is 0 Å². The largest absolute Gasteiger partial charge is 0.457 e. The van der Waals surface area contributed by atoms with E-state index in [0.29, 0.717) is 66.4 Å². The maximum absolute atomic E-state index is 13.4. The van der Waals surface area contributed by atoms with Crippen LogP contribution in [0.4, 0.5) is 5.13 Å². The summed E-state index contributed by atoms with van der Waals surface area (Å²) in [7, 11) is -3.68. The second kappa shape index (κ2) is 12.9. The minimum Gasteiger partial charge on any atom is -0.457 e. The highest BCUT2D eigenvalue weighted by Crippen LogP contribution is 2.29. The summed E-state index contributed by atoms with van der Waals surface area (Å²) in [5.74, 6) is 2.96. The number of aromatic nitrogens is 2. The Morgan fingerprint density at radius 1 is 0.698 bits per heavy atom. The molecule has 9 nitrogen and oxygen atoms in total. The molecule has 0 bridgehead atoms. The van der Waals surface area contributed by atoms with Crippen molar-refractivity contribution in [2.24, 2.45) is 0 Å². The van der Waals surface area contributed by atoms with E-state index in [1.165, 1.54) is 15.8 Å². The van der Waals surface area contributed by atoms with Gasteiger partial charge in [0.05, 0.1) is 4.90 Å². The first kappa shape index (κ1) is 28.8. The van der Waals surface area contributed by atoms with Crippen LogP contribution in [0.25, 0.3) is 0 Å². The van der Waals surface area contributed by atoms with E-state index in [9.17, 15) is 13.5 Å². The number of ether oxygens (including phenoxy) is 2. The van der Waals surface area contributed by atoms with E-state index >= 15 is 0 Å². The molecule has 1 saturated heterocycles. The van der Waals surface area contributed by atoms with Crippen LogP contribution in [0.2, 0.25) is 0 Å². The highest BCUT2D eigenvalue weighted by molar-refractivity contribution is 7.89. The summed E-state index contributed by atoms with van der Waals surface area (Å²) in [4.78, 5) is 6.85. The lowest BCUT2D eigenvalue weighted by molar-refractivity contribution is 0.211. The molecule has 0 spiro atoms. The Kier molecular flexibility index (Phi) is 8.66. The molecule has 0 saturated carbocycles. The predicted octanol–water partition coefficient (Wildman–Crippen LogP) is 6.11. The van der Waals surface area contributed by atoms with E-state index in [0.717, 1.165) is 5.75 Å². The van der Waals surface area contributed by atoms with Gasteiger partial charge in [0, 0.05) is 37.7 Å². The number of hydrogen-bond donors (Lipinski definition) is 1. The Labute approximate surface area is 254 Å². The molecule has 2 heterocycles. The van der Waals surface area contributed by atoms with Gasteiger partial charge in [-0.1, -0.05) is 48.5 Å². The van der Waals surface area contributed by atoms with Crippen LogP contribution in [-0.4, -0.2) is 53.4 Å².